The Balaban J connectivity index is 0.964. The predicted molar refractivity (Wildman–Crippen MR) is 245 cm³/mol. The smallest absolute Gasteiger partial charge is 0.306 e. The minimum absolute atomic E-state index is 0.0116. The number of hydrogen-bond acceptors (Lipinski definition) is 10. The molecule has 64 heavy (non-hydrogen) atoms. The lowest BCUT2D eigenvalue weighted by Crippen LogP contribution is -2.24. The second kappa shape index (κ2) is 17.0. The lowest BCUT2D eigenvalue weighted by molar-refractivity contribution is -0.155. The normalized spacial score (nSPS) is 13.7. The number of esters is 1. The number of halogens is 1. The Morgan fingerprint density at radius 1 is 0.969 bits per heavy atom. The van der Waals surface area contributed by atoms with Crippen LogP contribution in [0.2, 0.25) is 0 Å². The Hall–Kier alpha value is -6.96. The van der Waals surface area contributed by atoms with Gasteiger partial charge in [0.1, 0.15) is 34.4 Å². The van der Waals surface area contributed by atoms with E-state index in [1.165, 1.54) is 18.2 Å². The van der Waals surface area contributed by atoms with Gasteiger partial charge in [-0.15, -0.1) is 21.5 Å². The first-order valence-corrected chi connectivity index (χ1v) is 22.9. The second-order valence-electron chi connectivity index (χ2n) is 16.7. The Kier molecular flexibility index (Phi) is 11.6. The van der Waals surface area contributed by atoms with Gasteiger partial charge in [0.05, 0.1) is 27.4 Å². The van der Waals surface area contributed by atoms with Crippen molar-refractivity contribution in [2.24, 2.45) is 4.99 Å². The summed E-state index contributed by atoms with van der Waals surface area (Å²) in [7, 11) is -3.99. The summed E-state index contributed by atoms with van der Waals surface area (Å²) in [6.45, 7) is 13.4. The van der Waals surface area contributed by atoms with Crippen LogP contribution in [0.4, 0.5) is 10.1 Å². The molecule has 0 unspecified atom stereocenters. The van der Waals surface area contributed by atoms with Crippen LogP contribution < -0.4 is 10.0 Å². The van der Waals surface area contributed by atoms with E-state index in [-0.39, 0.29) is 29.4 Å². The van der Waals surface area contributed by atoms with Crippen molar-refractivity contribution in [2.75, 3.05) is 4.72 Å². The van der Waals surface area contributed by atoms with Gasteiger partial charge in [0, 0.05) is 51.7 Å². The van der Waals surface area contributed by atoms with Crippen molar-refractivity contribution < 1.29 is 27.1 Å². The first kappa shape index (κ1) is 43.7. The molecule has 13 nitrogen and oxygen atoms in total. The van der Waals surface area contributed by atoms with Crippen LogP contribution in [0.25, 0.3) is 27.0 Å². The largest absolute Gasteiger partial charge is 0.460 e. The van der Waals surface area contributed by atoms with Crippen molar-refractivity contribution in [2.45, 2.75) is 84.4 Å². The number of aromatic nitrogens is 4. The van der Waals surface area contributed by atoms with Gasteiger partial charge in [0.15, 0.2) is 5.82 Å². The number of thiophene rings is 1. The van der Waals surface area contributed by atoms with Crippen molar-refractivity contribution in [3.05, 3.63) is 146 Å². The van der Waals surface area contributed by atoms with E-state index < -0.39 is 33.4 Å². The van der Waals surface area contributed by atoms with E-state index in [9.17, 15) is 23.3 Å². The van der Waals surface area contributed by atoms with Crippen LogP contribution in [0.3, 0.4) is 0 Å². The van der Waals surface area contributed by atoms with Gasteiger partial charge in [0.25, 0.3) is 15.9 Å². The first-order valence-electron chi connectivity index (χ1n) is 20.6. The molecule has 0 saturated heterocycles. The number of H-pyrrole nitrogens is 1. The summed E-state index contributed by atoms with van der Waals surface area (Å²) in [5.41, 5.74) is 6.70. The van der Waals surface area contributed by atoms with Crippen LogP contribution in [0.15, 0.2) is 94.9 Å². The van der Waals surface area contributed by atoms with Crippen LogP contribution in [0.5, 0.6) is 0 Å². The van der Waals surface area contributed by atoms with Crippen LogP contribution >= 0.6 is 11.3 Å². The van der Waals surface area contributed by atoms with Crippen LogP contribution in [0.1, 0.15) is 99.9 Å². The number of aliphatic imine (C=N–C) groups is 1. The molecule has 0 fully saturated rings. The lowest BCUT2D eigenvalue weighted by atomic mass is 9.96. The van der Waals surface area contributed by atoms with E-state index >= 15 is 4.39 Å². The van der Waals surface area contributed by atoms with Crippen molar-refractivity contribution >= 4 is 55.5 Å². The number of carbonyl (C=O) groups excluding carboxylic acids is 2. The molecule has 0 bridgehead atoms. The number of rotatable bonds is 11. The van der Waals surface area contributed by atoms with E-state index in [1.54, 1.807) is 53.9 Å². The second-order valence-corrected chi connectivity index (χ2v) is 19.6. The van der Waals surface area contributed by atoms with Crippen LogP contribution in [0, 0.1) is 44.8 Å². The minimum Gasteiger partial charge on any atom is -0.460 e. The van der Waals surface area contributed by atoms with Crippen molar-refractivity contribution in [1.29, 1.82) is 5.26 Å². The molecule has 4 heterocycles. The third-order valence-corrected chi connectivity index (χ3v) is 13.7. The fraction of sp³-hybridized carbons (Fsp3) is 0.250. The number of ether oxygens (including phenoxy) is 1. The van der Waals surface area contributed by atoms with Gasteiger partial charge in [-0.25, -0.2) is 12.8 Å². The van der Waals surface area contributed by atoms with Gasteiger partial charge in [-0.3, -0.25) is 23.9 Å². The molecule has 1 amide bonds. The van der Waals surface area contributed by atoms with Gasteiger partial charge in [-0.2, -0.15) is 5.26 Å². The Labute approximate surface area is 374 Å². The number of nitriles is 1. The molecule has 7 aromatic rings. The zero-order valence-corrected chi connectivity index (χ0v) is 37.9. The van der Waals surface area contributed by atoms with Gasteiger partial charge in [0.2, 0.25) is 0 Å². The number of aromatic amines is 1. The number of carbonyl (C=O) groups is 2. The number of hydrogen-bond donors (Lipinski definition) is 3. The van der Waals surface area contributed by atoms with Crippen LogP contribution in [-0.4, -0.2) is 51.4 Å². The molecule has 0 aliphatic carbocycles. The minimum atomic E-state index is -3.99. The van der Waals surface area contributed by atoms with Gasteiger partial charge in [-0.05, 0) is 107 Å². The van der Waals surface area contributed by atoms with Crippen molar-refractivity contribution in [3.8, 4) is 22.2 Å². The summed E-state index contributed by atoms with van der Waals surface area (Å²) in [5.74, 6) is -0.0391. The molecule has 0 saturated carbocycles. The third-order valence-electron chi connectivity index (χ3n) is 11.1. The molecule has 4 aromatic carbocycles. The highest BCUT2D eigenvalue weighted by molar-refractivity contribution is 7.92. The summed E-state index contributed by atoms with van der Waals surface area (Å²) < 4.78 is 52.6. The van der Waals surface area contributed by atoms with E-state index in [0.29, 0.717) is 56.9 Å². The average molecular weight is 897 g/mol. The van der Waals surface area contributed by atoms with Gasteiger partial charge < -0.3 is 15.0 Å². The summed E-state index contributed by atoms with van der Waals surface area (Å²) in [6.07, 6.45) is 2.04. The molecule has 3 aromatic heterocycles. The molecular formula is C48H45FN8O5S2. The van der Waals surface area contributed by atoms with E-state index in [1.807, 2.05) is 63.5 Å². The SMILES string of the molecule is Cc1sc2c(c1C)C(c1ccc(-c3ccc(C(=O)NCc4ccc(S(=O)(=O)Nc5ccc(C)c6c(C#N)c[nH]c56)cc4)cc3F)cc1)=N[C@@H](CCC(=O)OC(C)(C)C)c1nnc(C)n1-2. The molecule has 3 N–H and O–H groups in total. The Morgan fingerprint density at radius 2 is 1.69 bits per heavy atom. The van der Waals surface area contributed by atoms with E-state index in [2.05, 4.69) is 45.1 Å². The molecule has 0 radical (unpaired) electrons. The number of aryl methyl sites for hydroxylation is 3. The number of amides is 1. The predicted octanol–water partition coefficient (Wildman–Crippen LogP) is 9.47. The molecule has 0 spiro atoms. The first-order chi connectivity index (χ1) is 30.4. The zero-order valence-electron chi connectivity index (χ0n) is 36.3. The average Bonchev–Trinajstić information content (AvgIpc) is 3.93. The summed E-state index contributed by atoms with van der Waals surface area (Å²) in [5, 5.41) is 22.7. The number of benzene rings is 4. The molecule has 16 heteroatoms. The Bertz CT molecular complexity index is 3170. The highest BCUT2D eigenvalue weighted by atomic mass is 32.2. The highest BCUT2D eigenvalue weighted by Crippen LogP contribution is 2.40. The molecule has 1 atom stereocenters. The molecule has 326 valence electrons. The number of fused-ring (bicyclic) bond motifs is 4. The molecule has 8 rings (SSSR count). The molecule has 1 aliphatic heterocycles. The van der Waals surface area contributed by atoms with Crippen molar-refractivity contribution in [1.82, 2.24) is 25.1 Å². The highest BCUT2D eigenvalue weighted by Gasteiger charge is 2.32. The van der Waals surface area contributed by atoms with Crippen LogP contribution in [-0.2, 0) is 26.1 Å². The number of nitrogens with one attached hydrogen (secondary N) is 3. The molecular weight excluding hydrogens is 852 g/mol. The lowest BCUT2D eigenvalue weighted by Gasteiger charge is -2.20. The summed E-state index contributed by atoms with van der Waals surface area (Å²) in [6, 6.07) is 22.8. The number of sulfonamides is 1. The van der Waals surface area contributed by atoms with E-state index in [0.717, 1.165) is 37.8 Å². The quantitative estimate of drug-likeness (QED) is 0.107. The third kappa shape index (κ3) is 8.56. The fourth-order valence-electron chi connectivity index (χ4n) is 7.79. The van der Waals surface area contributed by atoms with Crippen molar-refractivity contribution in [3.63, 3.8) is 0 Å². The van der Waals surface area contributed by atoms with Gasteiger partial charge >= 0.3 is 5.97 Å². The fourth-order valence-corrected chi connectivity index (χ4v) is 10.1. The van der Waals surface area contributed by atoms with E-state index in [4.69, 9.17) is 9.73 Å². The standard InChI is InChI=1S/C48H45FN8O5S2/c1-26-8-19-38(44-41(26)34(23-50)25-51-44)56-64(60,61)35-16-9-30(10-17-35)24-52-46(59)33-15-18-36(37(49)22-33)31-11-13-32(14-12-31)43-42-27(2)28(3)63-47(42)57-29(4)54-55-45(57)39(53-43)20-21-40(58)62-48(5,6)7/h8-19,22,25,39,51,56H,20-21,24H2,1-7H3,(H,52,59)/t39-/m0/s1. The topological polar surface area (TPSA) is 184 Å². The maximum Gasteiger partial charge on any atom is 0.306 e. The summed E-state index contributed by atoms with van der Waals surface area (Å²) >= 11 is 1.63. The summed E-state index contributed by atoms with van der Waals surface area (Å²) in [4.78, 5) is 35.4. The Morgan fingerprint density at radius 3 is 2.38 bits per heavy atom. The molecule has 1 aliphatic rings. The maximum atomic E-state index is 15.8. The monoisotopic (exact) mass is 896 g/mol. The maximum absolute atomic E-state index is 15.8. The number of anilines is 1. The number of nitrogens with zero attached hydrogens (tertiary/aromatic N) is 5. The zero-order chi connectivity index (χ0) is 45.7. The van der Waals surface area contributed by atoms with Gasteiger partial charge in [-0.1, -0.05) is 48.5 Å².